The third kappa shape index (κ3) is 3.27. The Hall–Kier alpha value is -3.46. The Morgan fingerprint density at radius 1 is 1.07 bits per heavy atom. The zero-order chi connectivity index (χ0) is 20.6. The van der Waals surface area contributed by atoms with E-state index in [0.717, 1.165) is 11.4 Å². The molecule has 0 radical (unpaired) electrons. The molecule has 2 heterocycles. The number of halogens is 1. The van der Waals surface area contributed by atoms with E-state index >= 15 is 0 Å². The first kappa shape index (κ1) is 19.3. The number of aryl methyl sites for hydroxylation is 3. The molecule has 3 rings (SSSR count). The highest BCUT2D eigenvalue weighted by Gasteiger charge is 2.19. The number of aromatic nitrogens is 2. The SMILES string of the molecule is Cc1cc(C)n(CC(=O)c2cc(C)n(-c3ccc(F)cc3)c2C)c(=O)c1C#N. The molecule has 0 saturated carbocycles. The number of nitrogens with zero attached hydrogens (tertiary/aromatic N) is 3. The molecule has 1 aromatic carbocycles. The number of hydrogen-bond acceptors (Lipinski definition) is 3. The Kier molecular flexibility index (Phi) is 5.02. The van der Waals surface area contributed by atoms with E-state index in [1.165, 1.54) is 16.7 Å². The number of ketones is 1. The average Bonchev–Trinajstić information content (AvgIpc) is 2.94. The Labute approximate surface area is 162 Å². The van der Waals surface area contributed by atoms with E-state index < -0.39 is 5.56 Å². The van der Waals surface area contributed by atoms with Gasteiger partial charge in [0, 0.05) is 28.3 Å². The molecular weight excluding hydrogens is 357 g/mol. The maximum absolute atomic E-state index is 13.2. The molecule has 5 nitrogen and oxygen atoms in total. The summed E-state index contributed by atoms with van der Waals surface area (Å²) in [6, 6.07) is 11.5. The maximum atomic E-state index is 13.2. The standard InChI is InChI=1S/C22H20FN3O2/c1-13-9-14(2)25(22(28)20(13)11-24)12-21(27)19-10-15(3)26(16(19)4)18-7-5-17(23)6-8-18/h5-10H,12H2,1-4H3. The summed E-state index contributed by atoms with van der Waals surface area (Å²) < 4.78 is 16.4. The molecule has 0 atom stereocenters. The van der Waals surface area contributed by atoms with E-state index in [1.54, 1.807) is 38.1 Å². The van der Waals surface area contributed by atoms with Gasteiger partial charge in [0.05, 0.1) is 6.54 Å². The Balaban J connectivity index is 2.02. The van der Waals surface area contributed by atoms with Crippen LogP contribution < -0.4 is 5.56 Å². The fourth-order valence-electron chi connectivity index (χ4n) is 3.52. The molecule has 0 spiro atoms. The van der Waals surface area contributed by atoms with E-state index in [0.29, 0.717) is 22.5 Å². The second kappa shape index (κ2) is 7.28. The first-order chi connectivity index (χ1) is 13.2. The fraction of sp³-hybridized carbons (Fsp3) is 0.227. The van der Waals surface area contributed by atoms with Gasteiger partial charge in [-0.3, -0.25) is 9.59 Å². The van der Waals surface area contributed by atoms with E-state index in [2.05, 4.69) is 0 Å². The topological polar surface area (TPSA) is 67.8 Å². The van der Waals surface area contributed by atoms with Crippen LogP contribution in [0, 0.1) is 44.8 Å². The molecule has 0 unspecified atom stereocenters. The van der Waals surface area contributed by atoms with Gasteiger partial charge in [-0.05, 0) is 69.7 Å². The van der Waals surface area contributed by atoms with Crippen LogP contribution in [0.5, 0.6) is 0 Å². The third-order valence-corrected chi connectivity index (χ3v) is 4.93. The van der Waals surface area contributed by atoms with Crippen LogP contribution in [0.15, 0.2) is 41.2 Å². The van der Waals surface area contributed by atoms with Gasteiger partial charge in [0.2, 0.25) is 0 Å². The van der Waals surface area contributed by atoms with Crippen molar-refractivity contribution in [3.63, 3.8) is 0 Å². The summed E-state index contributed by atoms with van der Waals surface area (Å²) in [4.78, 5) is 25.5. The number of pyridine rings is 1. The van der Waals surface area contributed by atoms with Crippen molar-refractivity contribution in [1.29, 1.82) is 5.26 Å². The third-order valence-electron chi connectivity index (χ3n) is 4.93. The molecule has 142 valence electrons. The molecule has 0 saturated heterocycles. The maximum Gasteiger partial charge on any atom is 0.269 e. The molecule has 28 heavy (non-hydrogen) atoms. The average molecular weight is 377 g/mol. The molecule has 0 aliphatic heterocycles. The van der Waals surface area contributed by atoms with Crippen molar-refractivity contribution in [2.24, 2.45) is 0 Å². The minimum absolute atomic E-state index is 0.0511. The molecule has 0 N–H and O–H groups in total. The first-order valence-corrected chi connectivity index (χ1v) is 8.83. The predicted octanol–water partition coefficient (Wildman–Crippen LogP) is 3.77. The summed E-state index contributed by atoms with van der Waals surface area (Å²) in [5, 5.41) is 9.22. The van der Waals surface area contributed by atoms with E-state index in [4.69, 9.17) is 0 Å². The zero-order valence-electron chi connectivity index (χ0n) is 16.2. The van der Waals surface area contributed by atoms with Gasteiger partial charge < -0.3 is 9.13 Å². The van der Waals surface area contributed by atoms with E-state index in [9.17, 15) is 19.2 Å². The van der Waals surface area contributed by atoms with Gasteiger partial charge in [0.1, 0.15) is 17.4 Å². The highest BCUT2D eigenvalue weighted by Crippen LogP contribution is 2.22. The number of nitriles is 1. The summed E-state index contributed by atoms with van der Waals surface area (Å²) in [5.41, 5.74) is 3.62. The monoisotopic (exact) mass is 377 g/mol. The van der Waals surface area contributed by atoms with Crippen LogP contribution in [0.25, 0.3) is 5.69 Å². The second-order valence-electron chi connectivity index (χ2n) is 6.87. The van der Waals surface area contributed by atoms with Crippen molar-refractivity contribution in [3.05, 3.63) is 86.3 Å². The number of rotatable bonds is 4. The number of carbonyl (C=O) groups is 1. The molecule has 0 bridgehead atoms. The van der Waals surface area contributed by atoms with Crippen LogP contribution in [-0.2, 0) is 6.54 Å². The lowest BCUT2D eigenvalue weighted by Gasteiger charge is -2.12. The van der Waals surface area contributed by atoms with Gasteiger partial charge in [-0.2, -0.15) is 5.26 Å². The van der Waals surface area contributed by atoms with Crippen LogP contribution in [-0.4, -0.2) is 14.9 Å². The quantitative estimate of drug-likeness (QED) is 0.650. The molecule has 0 fully saturated rings. The number of carbonyl (C=O) groups excluding carboxylic acids is 1. The normalized spacial score (nSPS) is 10.7. The minimum atomic E-state index is -0.458. The van der Waals surface area contributed by atoms with Crippen LogP contribution in [0.3, 0.4) is 0 Å². The lowest BCUT2D eigenvalue weighted by Crippen LogP contribution is -2.29. The van der Waals surface area contributed by atoms with Gasteiger partial charge in [0.15, 0.2) is 5.78 Å². The van der Waals surface area contributed by atoms with Crippen LogP contribution in [0.1, 0.15) is 38.6 Å². The van der Waals surface area contributed by atoms with E-state index in [1.807, 2.05) is 24.5 Å². The molecular formula is C22H20FN3O2. The largest absolute Gasteiger partial charge is 0.318 e. The van der Waals surface area contributed by atoms with Gasteiger partial charge >= 0.3 is 0 Å². The Morgan fingerprint density at radius 2 is 1.71 bits per heavy atom. The number of Topliss-reactive ketones (excluding diaryl/α,β-unsaturated/α-hetero) is 1. The van der Waals surface area contributed by atoms with Crippen molar-refractivity contribution < 1.29 is 9.18 Å². The molecule has 0 aliphatic rings. The van der Waals surface area contributed by atoms with Crippen molar-refractivity contribution in [2.75, 3.05) is 0 Å². The minimum Gasteiger partial charge on any atom is -0.318 e. The lowest BCUT2D eigenvalue weighted by molar-refractivity contribution is 0.0969. The lowest BCUT2D eigenvalue weighted by atomic mass is 10.1. The van der Waals surface area contributed by atoms with Crippen molar-refractivity contribution in [2.45, 2.75) is 34.2 Å². The fourth-order valence-corrected chi connectivity index (χ4v) is 3.52. The van der Waals surface area contributed by atoms with Gasteiger partial charge in [-0.1, -0.05) is 0 Å². The summed E-state index contributed by atoms with van der Waals surface area (Å²) in [6.07, 6.45) is 0. The summed E-state index contributed by atoms with van der Waals surface area (Å²) >= 11 is 0. The Morgan fingerprint density at radius 3 is 2.32 bits per heavy atom. The highest BCUT2D eigenvalue weighted by molar-refractivity contribution is 5.97. The van der Waals surface area contributed by atoms with Crippen LogP contribution in [0.4, 0.5) is 4.39 Å². The molecule has 0 amide bonds. The number of benzene rings is 1. The van der Waals surface area contributed by atoms with Crippen LogP contribution >= 0.6 is 0 Å². The summed E-state index contributed by atoms with van der Waals surface area (Å²) in [5.74, 6) is -0.551. The van der Waals surface area contributed by atoms with Gasteiger partial charge in [-0.15, -0.1) is 0 Å². The smallest absolute Gasteiger partial charge is 0.269 e. The molecule has 0 aliphatic carbocycles. The van der Waals surface area contributed by atoms with Crippen molar-refractivity contribution >= 4 is 5.78 Å². The van der Waals surface area contributed by atoms with Gasteiger partial charge in [-0.25, -0.2) is 4.39 Å². The molecule has 6 heteroatoms. The second-order valence-corrected chi connectivity index (χ2v) is 6.87. The Bertz CT molecular complexity index is 1180. The molecule has 3 aromatic rings. The van der Waals surface area contributed by atoms with E-state index in [-0.39, 0.29) is 23.7 Å². The highest BCUT2D eigenvalue weighted by atomic mass is 19.1. The van der Waals surface area contributed by atoms with Crippen molar-refractivity contribution in [3.8, 4) is 11.8 Å². The van der Waals surface area contributed by atoms with Gasteiger partial charge in [0.25, 0.3) is 5.56 Å². The zero-order valence-corrected chi connectivity index (χ0v) is 16.2. The predicted molar refractivity (Wildman–Crippen MR) is 104 cm³/mol. The first-order valence-electron chi connectivity index (χ1n) is 8.83. The van der Waals surface area contributed by atoms with Crippen molar-refractivity contribution in [1.82, 2.24) is 9.13 Å². The molecule has 2 aromatic heterocycles. The number of hydrogen-bond donors (Lipinski definition) is 0. The van der Waals surface area contributed by atoms with Crippen LogP contribution in [0.2, 0.25) is 0 Å². The summed E-state index contributed by atoms with van der Waals surface area (Å²) in [6.45, 7) is 6.98. The summed E-state index contributed by atoms with van der Waals surface area (Å²) in [7, 11) is 0.